The molecule has 11 heteroatoms. The summed E-state index contributed by atoms with van der Waals surface area (Å²) < 4.78 is 16.5. The standard InChI is InChI=1S/C21H20O11/c1-7-13(25)15(27)17(29)21(30-7)32-19-11(24)6-10(23)12-14(26)16(28)18(31-20(12)19)8-2-4-9(22)5-3-8/h2-7,13,15,17,21-25,27-29H,1H3/t7-,13-,15+,17-,21-/m0/s1. The molecular weight excluding hydrogens is 428 g/mol. The molecule has 1 fully saturated rings. The van der Waals surface area contributed by atoms with Gasteiger partial charge in [-0.3, -0.25) is 4.79 Å². The van der Waals surface area contributed by atoms with Crippen molar-refractivity contribution in [3.63, 3.8) is 0 Å². The lowest BCUT2D eigenvalue weighted by atomic mass is 10.00. The summed E-state index contributed by atoms with van der Waals surface area (Å²) in [6.45, 7) is 1.42. The van der Waals surface area contributed by atoms with E-state index in [-0.39, 0.29) is 17.1 Å². The van der Waals surface area contributed by atoms with E-state index in [1.54, 1.807) is 0 Å². The van der Waals surface area contributed by atoms with Crippen molar-refractivity contribution in [1.29, 1.82) is 0 Å². The molecule has 0 aliphatic carbocycles. The monoisotopic (exact) mass is 448 g/mol. The van der Waals surface area contributed by atoms with Crippen molar-refractivity contribution < 1.29 is 49.6 Å². The van der Waals surface area contributed by atoms with Crippen LogP contribution in [-0.2, 0) is 4.74 Å². The third-order valence-electron chi connectivity index (χ3n) is 5.23. The molecule has 2 heterocycles. The van der Waals surface area contributed by atoms with Gasteiger partial charge in [-0.1, -0.05) is 0 Å². The summed E-state index contributed by atoms with van der Waals surface area (Å²) in [6.07, 6.45) is -7.29. The molecule has 7 N–H and O–H groups in total. The van der Waals surface area contributed by atoms with Gasteiger partial charge in [-0.2, -0.15) is 0 Å². The first kappa shape index (κ1) is 21.7. The fourth-order valence-electron chi connectivity index (χ4n) is 3.45. The Morgan fingerprint density at radius 2 is 1.56 bits per heavy atom. The van der Waals surface area contributed by atoms with Crippen molar-refractivity contribution in [2.24, 2.45) is 0 Å². The van der Waals surface area contributed by atoms with Gasteiger partial charge in [-0.05, 0) is 31.2 Å². The smallest absolute Gasteiger partial charge is 0.238 e. The van der Waals surface area contributed by atoms with Gasteiger partial charge in [0.25, 0.3) is 0 Å². The highest BCUT2D eigenvalue weighted by atomic mass is 16.7. The van der Waals surface area contributed by atoms with Gasteiger partial charge in [-0.25, -0.2) is 0 Å². The summed E-state index contributed by atoms with van der Waals surface area (Å²) in [5.41, 5.74) is -1.32. The summed E-state index contributed by atoms with van der Waals surface area (Å²) in [7, 11) is 0. The Bertz CT molecular complexity index is 1220. The second-order valence-electron chi connectivity index (χ2n) is 7.40. The van der Waals surface area contributed by atoms with Crippen molar-refractivity contribution in [3.8, 4) is 40.1 Å². The number of phenols is 3. The van der Waals surface area contributed by atoms with E-state index in [4.69, 9.17) is 13.9 Å². The average molecular weight is 448 g/mol. The Hall–Kier alpha value is -3.51. The van der Waals surface area contributed by atoms with E-state index in [0.29, 0.717) is 0 Å². The molecular formula is C21H20O11. The number of hydrogen-bond donors (Lipinski definition) is 7. The van der Waals surface area contributed by atoms with Crippen LogP contribution in [-0.4, -0.2) is 66.5 Å². The van der Waals surface area contributed by atoms with E-state index in [1.807, 2.05) is 0 Å². The number of aromatic hydroxyl groups is 4. The van der Waals surface area contributed by atoms with Gasteiger partial charge in [0.1, 0.15) is 35.2 Å². The summed E-state index contributed by atoms with van der Waals surface area (Å²) in [5.74, 6) is -3.17. The van der Waals surface area contributed by atoms with Crippen molar-refractivity contribution in [1.82, 2.24) is 0 Å². The Morgan fingerprint density at radius 1 is 0.906 bits per heavy atom. The second-order valence-corrected chi connectivity index (χ2v) is 7.40. The maximum atomic E-state index is 12.8. The van der Waals surface area contributed by atoms with Crippen LogP contribution in [0, 0.1) is 0 Å². The minimum atomic E-state index is -1.73. The summed E-state index contributed by atoms with van der Waals surface area (Å²) in [4.78, 5) is 12.8. The summed E-state index contributed by atoms with van der Waals surface area (Å²) in [5, 5.41) is 69.9. The molecule has 0 spiro atoms. The molecule has 2 aromatic carbocycles. The first-order valence-corrected chi connectivity index (χ1v) is 9.50. The predicted molar refractivity (Wildman–Crippen MR) is 108 cm³/mol. The number of aliphatic hydroxyl groups is 3. The van der Waals surface area contributed by atoms with E-state index in [0.717, 1.165) is 6.07 Å². The van der Waals surface area contributed by atoms with E-state index in [9.17, 15) is 40.5 Å². The molecule has 170 valence electrons. The van der Waals surface area contributed by atoms with Crippen molar-refractivity contribution in [2.75, 3.05) is 0 Å². The first-order chi connectivity index (χ1) is 15.1. The summed E-state index contributed by atoms with van der Waals surface area (Å²) in [6, 6.07) is 6.07. The highest BCUT2D eigenvalue weighted by Crippen LogP contribution is 2.43. The molecule has 11 nitrogen and oxygen atoms in total. The fraction of sp³-hybridized carbons (Fsp3) is 0.286. The molecule has 32 heavy (non-hydrogen) atoms. The van der Waals surface area contributed by atoms with Crippen LogP contribution in [0.2, 0.25) is 0 Å². The van der Waals surface area contributed by atoms with Crippen LogP contribution in [0.15, 0.2) is 39.5 Å². The molecule has 1 aromatic heterocycles. The molecule has 1 saturated heterocycles. The lowest BCUT2D eigenvalue weighted by Gasteiger charge is -2.38. The van der Waals surface area contributed by atoms with Crippen LogP contribution in [0.5, 0.6) is 28.7 Å². The van der Waals surface area contributed by atoms with Crippen molar-refractivity contribution in [2.45, 2.75) is 37.6 Å². The van der Waals surface area contributed by atoms with E-state index < -0.39 is 70.1 Å². The summed E-state index contributed by atoms with van der Waals surface area (Å²) >= 11 is 0. The van der Waals surface area contributed by atoms with Gasteiger partial charge in [0.15, 0.2) is 17.1 Å². The number of fused-ring (bicyclic) bond motifs is 1. The lowest BCUT2D eigenvalue weighted by Crippen LogP contribution is -2.58. The molecule has 1 aliphatic heterocycles. The van der Waals surface area contributed by atoms with Crippen LogP contribution in [0.3, 0.4) is 0 Å². The number of aliphatic hydroxyl groups excluding tert-OH is 3. The quantitative estimate of drug-likeness (QED) is 0.295. The highest BCUT2D eigenvalue weighted by Gasteiger charge is 2.43. The van der Waals surface area contributed by atoms with Crippen LogP contribution in [0.25, 0.3) is 22.3 Å². The predicted octanol–water partition coefficient (Wildman–Crippen LogP) is 0.489. The number of benzene rings is 2. The molecule has 1 aliphatic rings. The minimum Gasteiger partial charge on any atom is -0.508 e. The lowest BCUT2D eigenvalue weighted by molar-refractivity contribution is -0.268. The van der Waals surface area contributed by atoms with Gasteiger partial charge in [0.05, 0.1) is 6.10 Å². The van der Waals surface area contributed by atoms with Gasteiger partial charge in [-0.15, -0.1) is 0 Å². The number of rotatable bonds is 3. The average Bonchev–Trinajstić information content (AvgIpc) is 2.75. The first-order valence-electron chi connectivity index (χ1n) is 9.50. The Kier molecular flexibility index (Phi) is 5.34. The number of hydrogen-bond acceptors (Lipinski definition) is 11. The second kappa shape index (κ2) is 7.88. The van der Waals surface area contributed by atoms with Gasteiger partial charge >= 0.3 is 0 Å². The molecule has 0 amide bonds. The van der Waals surface area contributed by atoms with Gasteiger partial charge in [0.2, 0.25) is 23.2 Å². The van der Waals surface area contributed by atoms with Crippen molar-refractivity contribution >= 4 is 11.0 Å². The largest absolute Gasteiger partial charge is 0.508 e. The van der Waals surface area contributed by atoms with Gasteiger partial charge < -0.3 is 49.6 Å². The molecule has 3 aromatic rings. The zero-order chi connectivity index (χ0) is 23.3. The SMILES string of the molecule is C[C@@H]1O[C@@H](Oc2c(O)cc(O)c3c(=O)c(O)c(-c4ccc(O)cc4)oc23)[C@@H](O)[C@H](O)[C@H]1O. The molecule has 0 radical (unpaired) electrons. The zero-order valence-electron chi connectivity index (χ0n) is 16.5. The van der Waals surface area contributed by atoms with Crippen molar-refractivity contribution in [3.05, 3.63) is 40.6 Å². The molecule has 0 saturated carbocycles. The normalized spacial score (nSPS) is 25.7. The number of ether oxygens (including phenoxy) is 2. The maximum absolute atomic E-state index is 12.8. The molecule has 0 unspecified atom stereocenters. The van der Waals surface area contributed by atoms with Crippen LogP contribution >= 0.6 is 0 Å². The minimum absolute atomic E-state index is 0.0750. The number of phenolic OH excluding ortho intramolecular Hbond substituents is 3. The maximum Gasteiger partial charge on any atom is 0.238 e. The van der Waals surface area contributed by atoms with Gasteiger partial charge in [0, 0.05) is 11.6 Å². The van der Waals surface area contributed by atoms with Crippen LogP contribution < -0.4 is 10.2 Å². The Labute approximate surface area is 179 Å². The molecule has 4 rings (SSSR count). The van der Waals surface area contributed by atoms with Crippen LogP contribution in [0.1, 0.15) is 6.92 Å². The zero-order valence-corrected chi connectivity index (χ0v) is 16.5. The Balaban J connectivity index is 1.89. The molecule has 0 bridgehead atoms. The van der Waals surface area contributed by atoms with E-state index in [2.05, 4.69) is 0 Å². The Morgan fingerprint density at radius 3 is 2.22 bits per heavy atom. The third kappa shape index (κ3) is 3.46. The molecule has 5 atom stereocenters. The third-order valence-corrected chi connectivity index (χ3v) is 5.23. The van der Waals surface area contributed by atoms with E-state index in [1.165, 1.54) is 31.2 Å². The highest BCUT2D eigenvalue weighted by molar-refractivity contribution is 5.93. The fourth-order valence-corrected chi connectivity index (χ4v) is 3.45. The van der Waals surface area contributed by atoms with Crippen LogP contribution in [0.4, 0.5) is 0 Å². The topological polar surface area (TPSA) is 190 Å². The van der Waals surface area contributed by atoms with E-state index >= 15 is 0 Å².